The van der Waals surface area contributed by atoms with Crippen LogP contribution in [0.2, 0.25) is 10.2 Å². The van der Waals surface area contributed by atoms with Gasteiger partial charge in [-0.25, -0.2) is 4.98 Å². The van der Waals surface area contributed by atoms with Crippen LogP contribution < -0.4 is 0 Å². The molecule has 14 heavy (non-hydrogen) atoms. The van der Waals surface area contributed by atoms with Crippen molar-refractivity contribution in [2.24, 2.45) is 0 Å². The van der Waals surface area contributed by atoms with Gasteiger partial charge in [-0.3, -0.25) is 0 Å². The molecule has 2 aromatic rings. The second kappa shape index (κ2) is 3.41. The number of benzene rings is 1. The van der Waals surface area contributed by atoms with Crippen LogP contribution in [0.4, 0.5) is 0 Å². The average Bonchev–Trinajstić information content (AvgIpc) is 2.12. The Kier molecular flexibility index (Phi) is 2.38. The number of hydrogen-bond acceptors (Lipinski definition) is 1. The Hall–Kier alpha value is -0.790. The molecule has 0 bridgehead atoms. The zero-order valence-corrected chi connectivity index (χ0v) is 9.45. The molecule has 0 spiro atoms. The standard InChI is InChI=1S/C11H9Cl2N/c1-6-3-4-8-9(12)5-10(13)14-11(8)7(6)2/h3-5H,1-2H3. The summed E-state index contributed by atoms with van der Waals surface area (Å²) >= 11 is 11.9. The van der Waals surface area contributed by atoms with Crippen LogP contribution in [0, 0.1) is 13.8 Å². The molecule has 72 valence electrons. The molecule has 2 rings (SSSR count). The molecule has 1 aromatic heterocycles. The Labute approximate surface area is 92.7 Å². The van der Waals surface area contributed by atoms with Crippen LogP contribution >= 0.6 is 23.2 Å². The van der Waals surface area contributed by atoms with Crippen molar-refractivity contribution in [1.29, 1.82) is 0 Å². The fraction of sp³-hybridized carbons (Fsp3) is 0.182. The summed E-state index contributed by atoms with van der Waals surface area (Å²) < 4.78 is 0. The van der Waals surface area contributed by atoms with Gasteiger partial charge in [-0.15, -0.1) is 0 Å². The number of hydrogen-bond donors (Lipinski definition) is 0. The third-order valence-corrected chi connectivity index (χ3v) is 2.93. The largest absolute Gasteiger partial charge is 0.236 e. The molecule has 1 heterocycles. The van der Waals surface area contributed by atoms with Crippen molar-refractivity contribution in [2.75, 3.05) is 0 Å². The molecule has 1 nitrogen and oxygen atoms in total. The van der Waals surface area contributed by atoms with E-state index in [1.807, 2.05) is 26.0 Å². The molecule has 0 unspecified atom stereocenters. The summed E-state index contributed by atoms with van der Waals surface area (Å²) in [5, 5.41) is 2.05. The summed E-state index contributed by atoms with van der Waals surface area (Å²) in [5.74, 6) is 0. The van der Waals surface area contributed by atoms with Crippen LogP contribution in [0.5, 0.6) is 0 Å². The van der Waals surface area contributed by atoms with Gasteiger partial charge in [0.1, 0.15) is 5.15 Å². The van der Waals surface area contributed by atoms with Crippen LogP contribution in [-0.2, 0) is 0 Å². The van der Waals surface area contributed by atoms with E-state index in [0.29, 0.717) is 10.2 Å². The Morgan fingerprint density at radius 1 is 1.14 bits per heavy atom. The summed E-state index contributed by atoms with van der Waals surface area (Å²) in [6, 6.07) is 5.68. The lowest BCUT2D eigenvalue weighted by Crippen LogP contribution is -1.88. The highest BCUT2D eigenvalue weighted by atomic mass is 35.5. The van der Waals surface area contributed by atoms with Gasteiger partial charge in [0.25, 0.3) is 0 Å². The molecule has 0 N–H and O–H groups in total. The monoisotopic (exact) mass is 225 g/mol. The molecule has 0 saturated heterocycles. The van der Waals surface area contributed by atoms with Gasteiger partial charge in [0.2, 0.25) is 0 Å². The van der Waals surface area contributed by atoms with E-state index in [9.17, 15) is 0 Å². The maximum atomic E-state index is 6.06. The van der Waals surface area contributed by atoms with Crippen LogP contribution in [0.25, 0.3) is 10.9 Å². The minimum Gasteiger partial charge on any atom is -0.236 e. The molecule has 1 aromatic carbocycles. The fourth-order valence-corrected chi connectivity index (χ4v) is 1.96. The zero-order chi connectivity index (χ0) is 10.3. The van der Waals surface area contributed by atoms with E-state index in [2.05, 4.69) is 4.98 Å². The van der Waals surface area contributed by atoms with Crippen molar-refractivity contribution in [3.05, 3.63) is 39.5 Å². The highest BCUT2D eigenvalue weighted by molar-refractivity contribution is 6.37. The topological polar surface area (TPSA) is 12.9 Å². The third-order valence-electron chi connectivity index (χ3n) is 2.42. The number of fused-ring (bicyclic) bond motifs is 1. The molecule has 0 aliphatic rings. The first kappa shape index (κ1) is 9.75. The van der Waals surface area contributed by atoms with Gasteiger partial charge < -0.3 is 0 Å². The number of aryl methyl sites for hydroxylation is 2. The first-order valence-electron chi connectivity index (χ1n) is 4.31. The van der Waals surface area contributed by atoms with Crippen LogP contribution in [0.3, 0.4) is 0 Å². The number of halogens is 2. The summed E-state index contributed by atoms with van der Waals surface area (Å²) in [5.41, 5.74) is 3.22. The van der Waals surface area contributed by atoms with E-state index in [1.54, 1.807) is 6.07 Å². The fourth-order valence-electron chi connectivity index (χ4n) is 1.46. The molecule has 0 amide bonds. The lowest BCUT2D eigenvalue weighted by Gasteiger charge is -2.06. The van der Waals surface area contributed by atoms with Crippen molar-refractivity contribution in [1.82, 2.24) is 4.98 Å². The Morgan fingerprint density at radius 3 is 2.57 bits per heavy atom. The first-order chi connectivity index (χ1) is 6.59. The predicted octanol–water partition coefficient (Wildman–Crippen LogP) is 4.16. The minimum atomic E-state index is 0.441. The number of pyridine rings is 1. The average molecular weight is 226 g/mol. The van der Waals surface area contributed by atoms with Gasteiger partial charge in [0.15, 0.2) is 0 Å². The summed E-state index contributed by atoms with van der Waals surface area (Å²) in [6.07, 6.45) is 0. The van der Waals surface area contributed by atoms with Gasteiger partial charge in [0, 0.05) is 5.39 Å². The Balaban J connectivity index is 2.95. The van der Waals surface area contributed by atoms with Gasteiger partial charge in [-0.05, 0) is 31.0 Å². The summed E-state index contributed by atoms with van der Waals surface area (Å²) in [4.78, 5) is 4.28. The van der Waals surface area contributed by atoms with E-state index in [1.165, 1.54) is 5.56 Å². The van der Waals surface area contributed by atoms with E-state index in [-0.39, 0.29) is 0 Å². The maximum Gasteiger partial charge on any atom is 0.131 e. The van der Waals surface area contributed by atoms with Crippen molar-refractivity contribution in [3.63, 3.8) is 0 Å². The molecule has 0 saturated carbocycles. The molecule has 3 heteroatoms. The van der Waals surface area contributed by atoms with Gasteiger partial charge in [-0.2, -0.15) is 0 Å². The summed E-state index contributed by atoms with van der Waals surface area (Å²) in [7, 11) is 0. The third kappa shape index (κ3) is 1.47. The molecular weight excluding hydrogens is 217 g/mol. The maximum absolute atomic E-state index is 6.06. The molecule has 0 radical (unpaired) electrons. The highest BCUT2D eigenvalue weighted by Crippen LogP contribution is 2.28. The second-order valence-electron chi connectivity index (χ2n) is 3.33. The zero-order valence-electron chi connectivity index (χ0n) is 7.94. The SMILES string of the molecule is Cc1ccc2c(Cl)cc(Cl)nc2c1C. The number of nitrogens with zero attached hydrogens (tertiary/aromatic N) is 1. The Bertz CT molecular complexity index is 506. The first-order valence-corrected chi connectivity index (χ1v) is 5.07. The van der Waals surface area contributed by atoms with Crippen molar-refractivity contribution in [3.8, 4) is 0 Å². The number of aromatic nitrogens is 1. The van der Waals surface area contributed by atoms with Gasteiger partial charge in [-0.1, -0.05) is 35.3 Å². The number of rotatable bonds is 0. The van der Waals surface area contributed by atoms with Gasteiger partial charge in [0.05, 0.1) is 10.5 Å². The Morgan fingerprint density at radius 2 is 1.86 bits per heavy atom. The molecule has 0 fully saturated rings. The smallest absolute Gasteiger partial charge is 0.131 e. The van der Waals surface area contributed by atoms with E-state index >= 15 is 0 Å². The van der Waals surface area contributed by atoms with Crippen LogP contribution in [0.1, 0.15) is 11.1 Å². The predicted molar refractivity (Wildman–Crippen MR) is 61.2 cm³/mol. The van der Waals surface area contributed by atoms with Crippen molar-refractivity contribution in [2.45, 2.75) is 13.8 Å². The van der Waals surface area contributed by atoms with Crippen molar-refractivity contribution < 1.29 is 0 Å². The van der Waals surface area contributed by atoms with E-state index in [4.69, 9.17) is 23.2 Å². The van der Waals surface area contributed by atoms with E-state index < -0.39 is 0 Å². The lowest BCUT2D eigenvalue weighted by molar-refractivity contribution is 1.31. The molecular formula is C11H9Cl2N. The lowest BCUT2D eigenvalue weighted by atomic mass is 10.1. The van der Waals surface area contributed by atoms with Crippen LogP contribution in [0.15, 0.2) is 18.2 Å². The second-order valence-corrected chi connectivity index (χ2v) is 4.12. The van der Waals surface area contributed by atoms with Crippen LogP contribution in [-0.4, -0.2) is 4.98 Å². The van der Waals surface area contributed by atoms with E-state index in [0.717, 1.165) is 16.5 Å². The quantitative estimate of drug-likeness (QED) is 0.614. The molecule has 0 atom stereocenters. The molecule has 0 aliphatic heterocycles. The van der Waals surface area contributed by atoms with Crippen molar-refractivity contribution >= 4 is 34.1 Å². The summed E-state index contributed by atoms with van der Waals surface area (Å²) in [6.45, 7) is 4.07. The normalized spacial score (nSPS) is 10.9. The highest BCUT2D eigenvalue weighted by Gasteiger charge is 2.06. The minimum absolute atomic E-state index is 0.441. The van der Waals surface area contributed by atoms with Gasteiger partial charge >= 0.3 is 0 Å². The molecule has 0 aliphatic carbocycles.